The van der Waals surface area contributed by atoms with Crippen molar-refractivity contribution >= 4 is 60.7 Å². The molecule has 9 nitrogen and oxygen atoms in total. The van der Waals surface area contributed by atoms with Gasteiger partial charge in [-0.2, -0.15) is 4.98 Å². The van der Waals surface area contributed by atoms with E-state index in [4.69, 9.17) is 21.1 Å². The fourth-order valence-corrected chi connectivity index (χ4v) is 5.73. The first-order chi connectivity index (χ1) is 14.9. The van der Waals surface area contributed by atoms with Crippen LogP contribution in [0.15, 0.2) is 34.5 Å². The maximum atomic E-state index is 13.0. The maximum Gasteiger partial charge on any atom is 0.338 e. The van der Waals surface area contributed by atoms with Crippen LogP contribution in [0.1, 0.15) is 17.3 Å². The van der Waals surface area contributed by atoms with E-state index in [1.807, 2.05) is 4.90 Å². The number of sulfonamides is 1. The number of halogens is 1. The van der Waals surface area contributed by atoms with Crippen LogP contribution >= 0.6 is 22.9 Å². The molecule has 0 atom stereocenters. The van der Waals surface area contributed by atoms with E-state index in [1.54, 1.807) is 6.92 Å². The van der Waals surface area contributed by atoms with E-state index in [-0.39, 0.29) is 16.1 Å². The minimum Gasteiger partial charge on any atom is -0.462 e. The normalized spacial score (nSPS) is 14.6. The molecular weight excluding hydrogens is 464 g/mol. The zero-order chi connectivity index (χ0) is 22.0. The Morgan fingerprint density at radius 2 is 1.97 bits per heavy atom. The molecule has 1 aliphatic rings. The Bertz CT molecular complexity index is 1210. The number of aromatic nitrogens is 2. The SMILES string of the molecule is CCOC(=O)c1ccc(NS(=O)(=O)c2cc3nc(Cl)nc(N4CCOCC4)c3s2)cc1. The molecule has 0 aliphatic carbocycles. The molecule has 12 heteroatoms. The van der Waals surface area contributed by atoms with Crippen molar-refractivity contribution in [3.05, 3.63) is 41.2 Å². The quantitative estimate of drug-likeness (QED) is 0.421. The first-order valence-corrected chi connectivity index (χ1v) is 12.1. The molecule has 1 aliphatic heterocycles. The van der Waals surface area contributed by atoms with Crippen molar-refractivity contribution in [3.63, 3.8) is 0 Å². The van der Waals surface area contributed by atoms with Gasteiger partial charge in [0.25, 0.3) is 10.0 Å². The largest absolute Gasteiger partial charge is 0.462 e. The molecule has 4 rings (SSSR count). The van der Waals surface area contributed by atoms with Gasteiger partial charge in [0.05, 0.1) is 35.6 Å². The van der Waals surface area contributed by atoms with Crippen molar-refractivity contribution in [3.8, 4) is 0 Å². The number of carbonyl (C=O) groups is 1. The highest BCUT2D eigenvalue weighted by molar-refractivity contribution is 7.94. The van der Waals surface area contributed by atoms with Crippen LogP contribution < -0.4 is 9.62 Å². The zero-order valence-corrected chi connectivity index (χ0v) is 18.9. The van der Waals surface area contributed by atoms with E-state index in [0.29, 0.717) is 53.6 Å². The van der Waals surface area contributed by atoms with Crippen LogP contribution in [0.5, 0.6) is 0 Å². The van der Waals surface area contributed by atoms with Crippen LogP contribution in [0.3, 0.4) is 0 Å². The van der Waals surface area contributed by atoms with Crippen molar-refractivity contribution in [2.24, 2.45) is 0 Å². The summed E-state index contributed by atoms with van der Waals surface area (Å²) in [6.07, 6.45) is 0. The standard InChI is InChI=1S/C19H19ClN4O5S2/c1-2-29-18(25)12-3-5-13(6-4-12)23-31(26,27)15-11-14-16(30-15)17(22-19(20)21-14)24-7-9-28-10-8-24/h3-6,11,23H,2,7-10H2,1H3. The fourth-order valence-electron chi connectivity index (χ4n) is 3.08. The van der Waals surface area contributed by atoms with Crippen LogP contribution in [0.25, 0.3) is 10.2 Å². The predicted molar refractivity (Wildman–Crippen MR) is 119 cm³/mol. The van der Waals surface area contributed by atoms with E-state index >= 15 is 0 Å². The van der Waals surface area contributed by atoms with Crippen molar-refractivity contribution in [1.82, 2.24) is 9.97 Å². The minimum absolute atomic E-state index is 0.0539. The first kappa shape index (κ1) is 21.8. The third-order valence-corrected chi connectivity index (χ3v) is 7.67. The predicted octanol–water partition coefficient (Wildman–Crippen LogP) is 3.16. The Kier molecular flexibility index (Phi) is 6.28. The molecule has 1 N–H and O–H groups in total. The number of esters is 1. The molecule has 1 fully saturated rings. The summed E-state index contributed by atoms with van der Waals surface area (Å²) in [6, 6.07) is 7.50. The molecule has 164 valence electrons. The van der Waals surface area contributed by atoms with Gasteiger partial charge in [0, 0.05) is 18.8 Å². The zero-order valence-electron chi connectivity index (χ0n) is 16.5. The average molecular weight is 483 g/mol. The Morgan fingerprint density at radius 1 is 1.26 bits per heavy atom. The minimum atomic E-state index is -3.88. The third-order valence-electron chi connectivity index (χ3n) is 4.53. The number of benzene rings is 1. The molecular formula is C19H19ClN4O5S2. The maximum absolute atomic E-state index is 13.0. The molecule has 1 aromatic carbocycles. The van der Waals surface area contributed by atoms with Crippen molar-refractivity contribution in [1.29, 1.82) is 0 Å². The summed E-state index contributed by atoms with van der Waals surface area (Å²) in [7, 11) is -3.88. The molecule has 2 aromatic heterocycles. The second-order valence-electron chi connectivity index (χ2n) is 6.60. The Hall–Kier alpha value is -2.47. The number of thiophene rings is 1. The number of ether oxygens (including phenoxy) is 2. The summed E-state index contributed by atoms with van der Waals surface area (Å²) in [5.74, 6) is 0.135. The topological polar surface area (TPSA) is 111 Å². The molecule has 1 saturated heterocycles. The molecule has 0 unspecified atom stereocenters. The van der Waals surface area contributed by atoms with E-state index in [9.17, 15) is 13.2 Å². The van der Waals surface area contributed by atoms with Gasteiger partial charge < -0.3 is 14.4 Å². The molecule has 0 radical (unpaired) electrons. The van der Waals surface area contributed by atoms with Gasteiger partial charge in [0.2, 0.25) is 5.28 Å². The van der Waals surface area contributed by atoms with Crippen molar-refractivity contribution < 1.29 is 22.7 Å². The smallest absolute Gasteiger partial charge is 0.338 e. The van der Waals surface area contributed by atoms with E-state index in [2.05, 4.69) is 14.7 Å². The van der Waals surface area contributed by atoms with Crippen molar-refractivity contribution in [2.45, 2.75) is 11.1 Å². The van der Waals surface area contributed by atoms with Gasteiger partial charge in [-0.15, -0.1) is 11.3 Å². The molecule has 3 aromatic rings. The van der Waals surface area contributed by atoms with Crippen molar-refractivity contribution in [2.75, 3.05) is 42.5 Å². The second-order valence-corrected chi connectivity index (χ2v) is 9.90. The second kappa shape index (κ2) is 8.95. The Morgan fingerprint density at radius 3 is 2.65 bits per heavy atom. The van der Waals surface area contributed by atoms with Gasteiger partial charge in [-0.3, -0.25) is 4.72 Å². The number of rotatable bonds is 6. The lowest BCUT2D eigenvalue weighted by atomic mass is 10.2. The van der Waals surface area contributed by atoms with Gasteiger partial charge >= 0.3 is 5.97 Å². The lowest BCUT2D eigenvalue weighted by Gasteiger charge is -2.28. The van der Waals surface area contributed by atoms with Gasteiger partial charge in [0.15, 0.2) is 5.82 Å². The number of morpholine rings is 1. The molecule has 0 bridgehead atoms. The Labute approximate surface area is 188 Å². The van der Waals surface area contributed by atoms with Gasteiger partial charge in [-0.1, -0.05) is 0 Å². The van der Waals surface area contributed by atoms with Gasteiger partial charge in [-0.05, 0) is 48.9 Å². The highest BCUT2D eigenvalue weighted by Crippen LogP contribution is 2.36. The molecule has 0 spiro atoms. The number of hydrogen-bond acceptors (Lipinski definition) is 9. The Balaban J connectivity index is 1.62. The van der Waals surface area contributed by atoms with Crippen LogP contribution in [-0.2, 0) is 19.5 Å². The van der Waals surface area contributed by atoms with E-state index in [0.717, 1.165) is 11.3 Å². The van der Waals surface area contributed by atoms with Gasteiger partial charge in [-0.25, -0.2) is 18.2 Å². The number of nitrogens with zero attached hydrogens (tertiary/aromatic N) is 3. The molecule has 0 saturated carbocycles. The van der Waals surface area contributed by atoms with Crippen LogP contribution in [0.4, 0.5) is 11.5 Å². The van der Waals surface area contributed by atoms with E-state index < -0.39 is 16.0 Å². The monoisotopic (exact) mass is 482 g/mol. The summed E-state index contributed by atoms with van der Waals surface area (Å²) < 4.78 is 39.5. The summed E-state index contributed by atoms with van der Waals surface area (Å²) in [4.78, 5) is 22.3. The lowest BCUT2D eigenvalue weighted by molar-refractivity contribution is 0.0526. The molecule has 31 heavy (non-hydrogen) atoms. The average Bonchev–Trinajstić information content (AvgIpc) is 3.19. The number of fused-ring (bicyclic) bond motifs is 1. The molecule has 0 amide bonds. The van der Waals surface area contributed by atoms with Crippen LogP contribution in [0, 0.1) is 0 Å². The number of anilines is 2. The summed E-state index contributed by atoms with van der Waals surface area (Å²) in [5.41, 5.74) is 1.12. The van der Waals surface area contributed by atoms with E-state index in [1.165, 1.54) is 30.3 Å². The number of carbonyl (C=O) groups excluding carboxylic acids is 1. The third kappa shape index (κ3) is 4.74. The fraction of sp³-hybridized carbons (Fsp3) is 0.316. The van der Waals surface area contributed by atoms with Crippen LogP contribution in [-0.4, -0.2) is 57.3 Å². The number of nitrogens with one attached hydrogen (secondary N) is 1. The summed E-state index contributed by atoms with van der Waals surface area (Å²) in [6.45, 7) is 4.36. The number of hydrogen-bond donors (Lipinski definition) is 1. The van der Waals surface area contributed by atoms with Gasteiger partial charge in [0.1, 0.15) is 4.21 Å². The lowest BCUT2D eigenvalue weighted by Crippen LogP contribution is -2.36. The summed E-state index contributed by atoms with van der Waals surface area (Å²) >= 11 is 7.16. The summed E-state index contributed by atoms with van der Waals surface area (Å²) in [5, 5.41) is 0.0539. The highest BCUT2D eigenvalue weighted by Gasteiger charge is 2.24. The molecule has 3 heterocycles. The van der Waals surface area contributed by atoms with Crippen LogP contribution in [0.2, 0.25) is 5.28 Å². The highest BCUT2D eigenvalue weighted by atomic mass is 35.5. The first-order valence-electron chi connectivity index (χ1n) is 9.47.